The number of carbonyl (C=O) groups is 6. The highest BCUT2D eigenvalue weighted by molar-refractivity contribution is 6.01. The van der Waals surface area contributed by atoms with E-state index < -0.39 is 95.4 Å². The van der Waals surface area contributed by atoms with E-state index in [1.165, 1.54) is 42.6 Å². The summed E-state index contributed by atoms with van der Waals surface area (Å²) < 4.78 is 92.7. The van der Waals surface area contributed by atoms with Crippen molar-refractivity contribution in [2.75, 3.05) is 21.3 Å². The number of nitrogens with zero attached hydrogens (tertiary/aromatic N) is 6. The van der Waals surface area contributed by atoms with E-state index in [0.717, 1.165) is 42.6 Å². The molecule has 4 aromatic heterocycles. The SMILES string of the molecule is CC(C)(C)O[13C](=O)[13C@H]([13CH2][13c]1[13cH]c[13c](OC(C)(C)C)[13cH][13cH]1)NC(=O)c1ccc(N(Cc2c[nH+]c3nc(N)[nH]c(=O)c3n2)C(=O)C(F)(F)F)cc1.Nc1nc2[nH+]cc(CN(C(=O)C(F)(F)F)c3ccc(C(=O)N[13C@@H]([13CH2][13c]4[13cH]c[13c](O)[13cH][13cH]4)[13C](=O)O)cc3)nc2c(=O)[nH]1.[Cl-].[Cl-]. The number of ether oxygens (including phenoxy) is 2. The summed E-state index contributed by atoms with van der Waals surface area (Å²) in [6.45, 7) is 9.38. The third-order valence-corrected chi connectivity index (χ3v) is 12.3. The van der Waals surface area contributed by atoms with Crippen LogP contribution in [-0.2, 0) is 49.8 Å². The third-order valence-electron chi connectivity index (χ3n) is 12.3. The van der Waals surface area contributed by atoms with Crippen LogP contribution < -0.4 is 82.5 Å². The summed E-state index contributed by atoms with van der Waals surface area (Å²) in [6, 6.07) is 19.4. The van der Waals surface area contributed by atoms with Crippen LogP contribution in [0.5, 0.6) is 11.5 Å². The van der Waals surface area contributed by atoms with E-state index in [1.54, 1.807) is 45.0 Å². The maximum Gasteiger partial charge on any atom is 0.471 e. The largest absolute Gasteiger partial charge is 1.00 e. The number of carbonyl (C=O) groups excluding carboxylic acids is 5. The number of phenolic OH excluding ortho intramolecular Hbond substituents is 1. The zero-order valence-electron chi connectivity index (χ0n) is 49.2. The minimum Gasteiger partial charge on any atom is -1.00 e. The molecule has 0 aliphatic carbocycles. The Morgan fingerprint density at radius 2 is 0.957 bits per heavy atom. The summed E-state index contributed by atoms with van der Waals surface area (Å²) in [4.78, 5) is 126. The lowest BCUT2D eigenvalue weighted by Crippen LogP contribution is -3.00. The average molecular weight is 1340 g/mol. The zero-order valence-corrected chi connectivity index (χ0v) is 50.7. The van der Waals surface area contributed by atoms with E-state index >= 15 is 0 Å². The summed E-state index contributed by atoms with van der Waals surface area (Å²) in [5.41, 5.74) is 8.17. The van der Waals surface area contributed by atoms with Crippen LogP contribution in [0.2, 0.25) is 0 Å². The number of fused-ring (bicyclic) bond motifs is 2. The second kappa shape index (κ2) is 29.4. The van der Waals surface area contributed by atoms with Crippen molar-refractivity contribution in [3.8, 4) is 11.5 Å². The van der Waals surface area contributed by atoms with Gasteiger partial charge in [-0.25, -0.2) is 29.5 Å². The van der Waals surface area contributed by atoms with Crippen molar-refractivity contribution in [1.82, 2.24) is 40.5 Å². The number of hydrogen-bond acceptors (Lipinski definition) is 17. The van der Waals surface area contributed by atoms with Gasteiger partial charge >= 0.3 is 59.3 Å². The van der Waals surface area contributed by atoms with Crippen LogP contribution in [-0.4, -0.2) is 111 Å². The Morgan fingerprint density at radius 3 is 1.33 bits per heavy atom. The molecule has 488 valence electrons. The second-order valence-corrected chi connectivity index (χ2v) is 21.8. The lowest BCUT2D eigenvalue weighted by molar-refractivity contribution is -0.349. The molecule has 0 fully saturated rings. The number of carboxylic acids is 1. The number of carboxylic acid groups (broad SMARTS) is 1. The van der Waals surface area contributed by atoms with E-state index in [2.05, 4.69) is 50.5 Å². The number of amides is 4. The first-order chi connectivity index (χ1) is 42.0. The number of aromatic amines is 4. The highest BCUT2D eigenvalue weighted by atomic mass is 35.5. The van der Waals surface area contributed by atoms with Crippen LogP contribution in [0.15, 0.2) is 119 Å². The molecule has 92 heavy (non-hydrogen) atoms. The van der Waals surface area contributed by atoms with Crippen LogP contribution >= 0.6 is 0 Å². The summed E-state index contributed by atoms with van der Waals surface area (Å²) in [7, 11) is 0. The summed E-state index contributed by atoms with van der Waals surface area (Å²) in [5, 5.41) is 23.9. The van der Waals surface area contributed by atoms with E-state index in [-0.39, 0.29) is 112 Å². The number of rotatable bonds is 17. The average Bonchev–Trinajstić information content (AvgIpc) is 0.857. The zero-order chi connectivity index (χ0) is 66.2. The van der Waals surface area contributed by atoms with Gasteiger partial charge in [0.15, 0.2) is 0 Å². The first-order valence-electron chi connectivity index (χ1n) is 26.7. The number of nitrogen functional groups attached to an aromatic ring is 2. The Morgan fingerprint density at radius 1 is 0.576 bits per heavy atom. The number of aliphatic carboxylic acids is 1. The number of H-pyrrole nitrogens is 4. The number of phenols is 1. The van der Waals surface area contributed by atoms with Crippen molar-refractivity contribution >= 4 is 81.2 Å². The van der Waals surface area contributed by atoms with Gasteiger partial charge in [0.05, 0.1) is 13.1 Å². The van der Waals surface area contributed by atoms with Crippen molar-refractivity contribution < 1.29 is 110 Å². The predicted octanol–water partition coefficient (Wildman–Crippen LogP) is -1.38. The highest BCUT2D eigenvalue weighted by Gasteiger charge is 2.45. The molecule has 0 saturated heterocycles. The van der Waals surface area contributed by atoms with Crippen molar-refractivity contribution in [3.63, 3.8) is 0 Å². The molecule has 4 heterocycles. The molecular formula is C58H58Cl2F6N14O12. The van der Waals surface area contributed by atoms with Crippen LogP contribution in [0.25, 0.3) is 22.3 Å². The Labute approximate surface area is 529 Å². The van der Waals surface area contributed by atoms with Crippen molar-refractivity contribution in [2.45, 2.75) is 103 Å². The normalized spacial score (nSPS) is 12.1. The lowest BCUT2D eigenvalue weighted by Gasteiger charge is -2.25. The van der Waals surface area contributed by atoms with E-state index in [4.69, 9.17) is 20.9 Å². The monoisotopic (exact) mass is 1340 g/mol. The standard InChI is InChI=1S/C33H36F3N7O6.C25H20F3N7O6.2ClH/c1-31(2,3)48-22-13-7-18(8-14-22)15-23(28(46)49-32(4,5)6)40-26(44)19-9-11-21(12-10-19)43(29(47)33(34,35)36)17-20-16-38-25-24(39-20)27(45)42-30(37)41-25;26-25(27,28)23(41)35(11-14-10-30-19-18(31-14)21(38)34-24(29)33-19)15-5-3-13(4-6-15)20(37)32-17(22(39)40)9-12-1-7-16(36)8-2-12;;/h7-14,16,23H,15,17H2,1-6H3,(H,40,44)(H3,37,38,41,42,45);1-8,10,17,36H,9,11H2,(H,32,37)(H,39,40)(H3,29,30,33,34,38);2*1H/t23-;17-;;/m00../s1/i7+1,8+1,13+1,15+1,18+1,22+1,23+1,28+1;1+1,2+1,7+1,9+1,12+1,16+1,17+1,22+1;;. The van der Waals surface area contributed by atoms with Crippen LogP contribution in [0.3, 0.4) is 0 Å². The van der Waals surface area contributed by atoms with Gasteiger partial charge in [0.1, 0.15) is 58.6 Å². The molecule has 26 nitrogen and oxygen atoms in total. The van der Waals surface area contributed by atoms with Gasteiger partial charge in [-0.05, 0) is 135 Å². The number of esters is 1. The van der Waals surface area contributed by atoms with E-state index in [9.17, 15) is 74.9 Å². The molecule has 0 spiro atoms. The number of anilines is 4. The molecule has 0 bridgehead atoms. The molecule has 0 unspecified atom stereocenters. The minimum atomic E-state index is -5.27. The first-order valence-corrected chi connectivity index (χ1v) is 26.7. The quantitative estimate of drug-likeness (QED) is 0.0296. The van der Waals surface area contributed by atoms with Crippen LogP contribution in [0, 0.1) is 0 Å². The number of alkyl halides is 6. The molecular weight excluding hydrogens is 1290 g/mol. The molecule has 4 aromatic carbocycles. The van der Waals surface area contributed by atoms with Crippen molar-refractivity contribution in [3.05, 3.63) is 164 Å². The number of aromatic hydroxyl groups is 1. The van der Waals surface area contributed by atoms with Gasteiger partial charge in [0.2, 0.25) is 11.0 Å². The molecule has 0 radical (unpaired) electrons. The third kappa shape index (κ3) is 19.7. The fraction of sp³-hybridized carbons (Fsp3) is 0.276. The fourth-order valence-corrected chi connectivity index (χ4v) is 8.37. The van der Waals surface area contributed by atoms with E-state index in [0.29, 0.717) is 26.7 Å². The molecule has 34 heteroatoms. The maximum absolute atomic E-state index is 13.7. The Hall–Kier alpha value is -10.5. The number of halogens is 8. The van der Waals surface area contributed by atoms with Gasteiger partial charge in [-0.1, -0.05) is 24.3 Å². The van der Waals surface area contributed by atoms with Crippen molar-refractivity contribution in [1.29, 1.82) is 0 Å². The van der Waals surface area contributed by atoms with Gasteiger partial charge in [-0.3, -0.25) is 48.5 Å². The number of aromatic nitrogens is 8. The Kier molecular flexibility index (Phi) is 23.1. The smallest absolute Gasteiger partial charge is 0.471 e. The number of nitrogens with one attached hydrogen (secondary N) is 6. The molecule has 4 amide bonds. The maximum atomic E-state index is 13.7. The Balaban J connectivity index is 0.000000332. The number of nitrogens with two attached hydrogens (primary N) is 2. The van der Waals surface area contributed by atoms with Gasteiger partial charge in [-0.15, -0.1) is 0 Å². The van der Waals surface area contributed by atoms with Gasteiger partial charge in [-0.2, -0.15) is 26.3 Å². The Bertz CT molecular complexity index is 4120. The second-order valence-electron chi connectivity index (χ2n) is 21.8. The lowest BCUT2D eigenvalue weighted by atomic mass is 10.1. The predicted molar refractivity (Wildman–Crippen MR) is 308 cm³/mol. The highest BCUT2D eigenvalue weighted by Crippen LogP contribution is 2.29. The number of benzene rings is 4. The topological polar surface area (TPSA) is 389 Å². The molecule has 0 saturated carbocycles. The minimum absolute atomic E-state index is 0. The van der Waals surface area contributed by atoms with Crippen molar-refractivity contribution in [2.24, 2.45) is 0 Å². The number of hydrogen-bond donors (Lipinski definition) is 8. The summed E-state index contributed by atoms with van der Waals surface area (Å²) >= 11 is 0. The van der Waals surface area contributed by atoms with Gasteiger partial charge in [0.25, 0.3) is 22.9 Å². The molecule has 2 atom stereocenters. The molecule has 0 aliphatic heterocycles. The first kappa shape index (κ1) is 72.2. The summed E-state index contributed by atoms with van der Waals surface area (Å²) in [5.74, 6) is -7.80. The molecule has 0 aliphatic rings. The van der Waals surface area contributed by atoms with Crippen LogP contribution in [0.4, 0.5) is 49.6 Å². The molecule has 8 aromatic rings. The molecule has 12 N–H and O–H groups in total. The van der Waals surface area contributed by atoms with Gasteiger partial charge < -0.3 is 66.6 Å². The fourth-order valence-electron chi connectivity index (χ4n) is 8.37. The van der Waals surface area contributed by atoms with Gasteiger partial charge in [0, 0.05) is 35.3 Å². The van der Waals surface area contributed by atoms with Crippen LogP contribution in [0.1, 0.15) is 84.8 Å². The molecule has 8 rings (SSSR count). The van der Waals surface area contributed by atoms with E-state index in [1.807, 2.05) is 20.8 Å². The summed E-state index contributed by atoms with van der Waals surface area (Å²) in [6.07, 6.45) is -8.21.